The number of phenolic OH excluding ortho intramolecular Hbond substituents is 2. The van der Waals surface area contributed by atoms with Crippen LogP contribution in [0.15, 0.2) is 60.9 Å². The molecular formula is C33H44N4O12S2. The molecule has 18 heteroatoms. The Kier molecular flexibility index (Phi) is 15.5. The summed E-state index contributed by atoms with van der Waals surface area (Å²) in [7, 11) is 2.75. The molecular weight excluding hydrogens is 709 g/mol. The van der Waals surface area contributed by atoms with E-state index in [1.807, 2.05) is 50.8 Å². The van der Waals surface area contributed by atoms with E-state index < -0.39 is 20.2 Å². The Balaban J connectivity index is 0.000000793. The summed E-state index contributed by atoms with van der Waals surface area (Å²) in [6.07, 6.45) is 6.02. The molecule has 0 radical (unpaired) electrons. The predicted molar refractivity (Wildman–Crippen MR) is 195 cm³/mol. The molecule has 0 atom stereocenters. The van der Waals surface area contributed by atoms with Crippen molar-refractivity contribution < 1.29 is 55.1 Å². The van der Waals surface area contributed by atoms with Crippen molar-refractivity contribution >= 4 is 31.6 Å². The van der Waals surface area contributed by atoms with Gasteiger partial charge in [-0.05, 0) is 55.0 Å². The van der Waals surface area contributed by atoms with E-state index in [-0.39, 0.29) is 11.5 Å². The van der Waals surface area contributed by atoms with E-state index in [2.05, 4.69) is 19.8 Å². The molecule has 4 N–H and O–H groups in total. The minimum absolute atomic E-state index is 0.0366. The van der Waals surface area contributed by atoms with Crippen LogP contribution in [0.1, 0.15) is 6.42 Å². The highest BCUT2D eigenvalue weighted by Gasteiger charge is 2.15. The van der Waals surface area contributed by atoms with Crippen LogP contribution in [0.25, 0.3) is 22.5 Å². The van der Waals surface area contributed by atoms with Crippen molar-refractivity contribution in [3.05, 3.63) is 60.9 Å². The van der Waals surface area contributed by atoms with Gasteiger partial charge in [-0.15, -0.1) is 0 Å². The van der Waals surface area contributed by atoms with Crippen molar-refractivity contribution in [2.75, 3.05) is 77.9 Å². The summed E-state index contributed by atoms with van der Waals surface area (Å²) in [6.45, 7) is 1.68. The summed E-state index contributed by atoms with van der Waals surface area (Å²) in [5.74, 6) is 1.25. The minimum Gasteiger partial charge on any atom is -0.502 e. The first-order valence-electron chi connectivity index (χ1n) is 14.9. The normalized spacial score (nSPS) is 10.9. The van der Waals surface area contributed by atoms with Gasteiger partial charge in [0, 0.05) is 38.3 Å². The van der Waals surface area contributed by atoms with Crippen LogP contribution < -0.4 is 28.7 Å². The number of phenols is 2. The van der Waals surface area contributed by atoms with Crippen LogP contribution in [0, 0.1) is 0 Å². The highest BCUT2D eigenvalue weighted by molar-refractivity contribution is 7.85. The number of hydrogen-bond donors (Lipinski definition) is 4. The highest BCUT2D eigenvalue weighted by atomic mass is 32.2. The monoisotopic (exact) mass is 752 g/mol. The first-order valence-corrected chi connectivity index (χ1v) is 18.6. The quantitative estimate of drug-likeness (QED) is 0.149. The molecule has 0 bridgehead atoms. The fourth-order valence-corrected chi connectivity index (χ4v) is 4.45. The molecule has 0 saturated carbocycles. The van der Waals surface area contributed by atoms with Gasteiger partial charge < -0.3 is 39.0 Å². The van der Waals surface area contributed by atoms with E-state index in [4.69, 9.17) is 28.1 Å². The van der Waals surface area contributed by atoms with Crippen LogP contribution in [-0.2, 0) is 20.2 Å². The largest absolute Gasteiger partial charge is 0.502 e. The zero-order valence-electron chi connectivity index (χ0n) is 29.6. The molecule has 0 amide bonds. The Hall–Kier alpha value is -5.04. The number of methoxy groups -OCH3 is 4. The second-order valence-electron chi connectivity index (χ2n) is 10.9. The molecule has 4 rings (SSSR count). The molecule has 0 aliphatic heterocycles. The van der Waals surface area contributed by atoms with E-state index >= 15 is 0 Å². The molecule has 51 heavy (non-hydrogen) atoms. The van der Waals surface area contributed by atoms with Crippen LogP contribution in [0.3, 0.4) is 0 Å². The molecule has 4 aromatic rings. The third-order valence-electron chi connectivity index (χ3n) is 6.92. The number of pyridine rings is 2. The number of rotatable bonds is 12. The Morgan fingerprint density at radius 2 is 0.863 bits per heavy atom. The van der Waals surface area contributed by atoms with Gasteiger partial charge in [0.15, 0.2) is 23.0 Å². The zero-order chi connectivity index (χ0) is 38.5. The molecule has 0 aliphatic carbocycles. The van der Waals surface area contributed by atoms with Crippen molar-refractivity contribution in [3.8, 4) is 57.0 Å². The Labute approximate surface area is 298 Å². The van der Waals surface area contributed by atoms with E-state index in [1.165, 1.54) is 28.4 Å². The second kappa shape index (κ2) is 18.8. The average Bonchev–Trinajstić information content (AvgIpc) is 3.07. The highest BCUT2D eigenvalue weighted by Crippen LogP contribution is 2.41. The smallest absolute Gasteiger partial charge is 0.261 e. The molecule has 280 valence electrons. The van der Waals surface area contributed by atoms with Crippen LogP contribution in [-0.4, -0.2) is 114 Å². The summed E-state index contributed by atoms with van der Waals surface area (Å²) in [6, 6.07) is 14.9. The third kappa shape index (κ3) is 14.0. The zero-order valence-corrected chi connectivity index (χ0v) is 31.2. The fraction of sp³-hybridized carbons (Fsp3) is 0.333. The summed E-state index contributed by atoms with van der Waals surface area (Å²) in [4.78, 5) is 13.6. The maximum atomic E-state index is 10.2. The third-order valence-corrected chi connectivity index (χ3v) is 6.92. The van der Waals surface area contributed by atoms with E-state index in [1.54, 1.807) is 24.3 Å². The van der Waals surface area contributed by atoms with Crippen LogP contribution in [0.4, 0.5) is 11.4 Å². The summed E-state index contributed by atoms with van der Waals surface area (Å²) in [5.41, 5.74) is 5.07. The van der Waals surface area contributed by atoms with Gasteiger partial charge >= 0.3 is 0 Å². The number of aromatic nitrogens is 2. The maximum absolute atomic E-state index is 10.2. The van der Waals surface area contributed by atoms with Crippen LogP contribution in [0.5, 0.6) is 34.5 Å². The Morgan fingerprint density at radius 1 is 0.588 bits per heavy atom. The van der Waals surface area contributed by atoms with Gasteiger partial charge in [-0.1, -0.05) is 0 Å². The number of aromatic hydroxyl groups is 2. The molecule has 0 saturated heterocycles. The van der Waals surface area contributed by atoms with Crippen molar-refractivity contribution in [1.29, 1.82) is 0 Å². The van der Waals surface area contributed by atoms with Crippen LogP contribution in [0.2, 0.25) is 0 Å². The number of benzene rings is 2. The molecule has 0 spiro atoms. The average molecular weight is 753 g/mol. The molecule has 0 unspecified atom stereocenters. The molecule has 2 aromatic heterocycles. The van der Waals surface area contributed by atoms with E-state index in [0.29, 0.717) is 35.5 Å². The molecule has 0 fully saturated rings. The van der Waals surface area contributed by atoms with Gasteiger partial charge in [0.2, 0.25) is 11.5 Å². The molecule has 2 aromatic carbocycles. The summed E-state index contributed by atoms with van der Waals surface area (Å²) >= 11 is 0. The topological polar surface area (TPSA) is 218 Å². The number of nitrogens with zero attached hydrogens (tertiary/aromatic N) is 4. The van der Waals surface area contributed by atoms with Gasteiger partial charge in [-0.2, -0.15) is 16.8 Å². The number of anilines is 2. The Bertz CT molecular complexity index is 1730. The molecule has 0 aliphatic rings. The van der Waals surface area contributed by atoms with Gasteiger partial charge in [-0.3, -0.25) is 19.1 Å². The number of ether oxygens (including phenoxy) is 4. The first kappa shape index (κ1) is 42.1. The standard InChI is InChI=1S/C31H36N4O6.2CH4O3S/c1-34(22-8-10-24(32-18-22)20-14-26(38-3)30(36)27(15-20)39-4)12-7-13-35(2)23-9-11-25(33-19-23)21-16-28(40-5)31(37)29(17-21)41-6;2*1-5(2,3)4/h8-11,14-19,36-37H,7,12-13H2,1-6H3;2*1H3,(H,2,3,4). The summed E-state index contributed by atoms with van der Waals surface area (Å²) in [5, 5.41) is 20.3. The van der Waals surface area contributed by atoms with Gasteiger partial charge in [0.05, 0.1) is 76.1 Å². The second-order valence-corrected chi connectivity index (χ2v) is 13.9. The van der Waals surface area contributed by atoms with Crippen LogP contribution >= 0.6 is 0 Å². The van der Waals surface area contributed by atoms with Crippen molar-refractivity contribution in [3.63, 3.8) is 0 Å². The van der Waals surface area contributed by atoms with E-state index in [0.717, 1.165) is 53.4 Å². The van der Waals surface area contributed by atoms with E-state index in [9.17, 15) is 27.0 Å². The van der Waals surface area contributed by atoms with Gasteiger partial charge in [0.25, 0.3) is 20.2 Å². The fourth-order valence-electron chi connectivity index (χ4n) is 4.45. The van der Waals surface area contributed by atoms with Gasteiger partial charge in [0.1, 0.15) is 0 Å². The number of hydrogen-bond acceptors (Lipinski definition) is 14. The first-order chi connectivity index (χ1) is 23.8. The lowest BCUT2D eigenvalue weighted by atomic mass is 10.1. The lowest BCUT2D eigenvalue weighted by Crippen LogP contribution is -2.25. The lowest BCUT2D eigenvalue weighted by molar-refractivity contribution is 0.340. The van der Waals surface area contributed by atoms with Crippen molar-refractivity contribution in [2.24, 2.45) is 0 Å². The predicted octanol–water partition coefficient (Wildman–Crippen LogP) is 4.23. The Morgan fingerprint density at radius 3 is 1.08 bits per heavy atom. The van der Waals surface area contributed by atoms with Gasteiger partial charge in [-0.25, -0.2) is 0 Å². The molecule has 16 nitrogen and oxygen atoms in total. The molecule has 2 heterocycles. The lowest BCUT2D eigenvalue weighted by Gasteiger charge is -2.23. The van der Waals surface area contributed by atoms with Crippen molar-refractivity contribution in [1.82, 2.24) is 9.97 Å². The SMILES string of the molecule is COc1cc(-c2ccc(N(C)CCCN(C)c3ccc(-c4cc(OC)c(O)c(OC)c4)nc3)cn2)cc(OC)c1O.CS(=O)(=O)O.CS(=O)(=O)O. The van der Waals surface area contributed by atoms with Crippen molar-refractivity contribution in [2.45, 2.75) is 6.42 Å². The maximum Gasteiger partial charge on any atom is 0.261 e. The summed E-state index contributed by atoms with van der Waals surface area (Å²) < 4.78 is 72.8. The minimum atomic E-state index is -3.67.